The number of benzene rings is 1. The molecule has 2 amide bonds. The van der Waals surface area contributed by atoms with E-state index in [2.05, 4.69) is 11.9 Å². The predicted octanol–water partition coefficient (Wildman–Crippen LogP) is 2.06. The van der Waals surface area contributed by atoms with E-state index in [1.54, 1.807) is 12.1 Å². The quantitative estimate of drug-likeness (QED) is 0.818. The number of rotatable bonds is 6. The first kappa shape index (κ1) is 15.9. The minimum absolute atomic E-state index is 0.114. The Balaban J connectivity index is 1.84. The lowest BCUT2D eigenvalue weighted by Crippen LogP contribution is -2.33. The van der Waals surface area contributed by atoms with Crippen molar-refractivity contribution in [3.63, 3.8) is 0 Å². The van der Waals surface area contributed by atoms with Crippen LogP contribution in [0.25, 0.3) is 0 Å². The van der Waals surface area contributed by atoms with Gasteiger partial charge < -0.3 is 15.0 Å². The Morgan fingerprint density at radius 1 is 1.45 bits per heavy atom. The normalized spacial score (nSPS) is 18.2. The number of halogens is 2. The van der Waals surface area contributed by atoms with Gasteiger partial charge >= 0.3 is 0 Å². The summed E-state index contributed by atoms with van der Waals surface area (Å²) in [4.78, 5) is 24.2. The number of anilines is 1. The number of carbonyl (C=O) groups excluding carboxylic acids is 2. The van der Waals surface area contributed by atoms with Crippen LogP contribution in [-0.2, 0) is 9.59 Å². The topological polar surface area (TPSA) is 58.6 Å². The molecule has 0 heterocycles. The van der Waals surface area contributed by atoms with Gasteiger partial charge in [0.05, 0.1) is 13.0 Å². The van der Waals surface area contributed by atoms with Gasteiger partial charge in [0.1, 0.15) is 5.75 Å². The highest BCUT2D eigenvalue weighted by atomic mass is 19.3. The van der Waals surface area contributed by atoms with Gasteiger partial charge in [-0.05, 0) is 30.3 Å². The molecule has 5 nitrogen and oxygen atoms in total. The van der Waals surface area contributed by atoms with Crippen LogP contribution < -0.4 is 10.1 Å². The van der Waals surface area contributed by atoms with Crippen molar-refractivity contribution in [1.29, 1.82) is 0 Å². The van der Waals surface area contributed by atoms with Gasteiger partial charge in [0.15, 0.2) is 6.10 Å². The molecule has 0 aromatic heterocycles. The molecule has 22 heavy (non-hydrogen) atoms. The van der Waals surface area contributed by atoms with E-state index >= 15 is 0 Å². The molecule has 1 aromatic carbocycles. The van der Waals surface area contributed by atoms with Crippen molar-refractivity contribution >= 4 is 17.5 Å². The predicted molar refractivity (Wildman–Crippen MR) is 76.9 cm³/mol. The number of hydrogen-bond acceptors (Lipinski definition) is 3. The summed E-state index contributed by atoms with van der Waals surface area (Å²) in [5, 5.41) is 2.59. The molecule has 1 aromatic rings. The van der Waals surface area contributed by atoms with Crippen LogP contribution in [0.3, 0.4) is 0 Å². The van der Waals surface area contributed by atoms with Crippen molar-refractivity contribution in [3.05, 3.63) is 36.9 Å². The number of ether oxygens (including phenoxy) is 1. The van der Waals surface area contributed by atoms with E-state index in [0.717, 1.165) is 6.08 Å². The van der Waals surface area contributed by atoms with E-state index in [1.807, 2.05) is 0 Å². The molecule has 0 spiro atoms. The van der Waals surface area contributed by atoms with Gasteiger partial charge in [0, 0.05) is 12.7 Å². The number of nitrogens with zero attached hydrogens (tertiary/aromatic N) is 1. The van der Waals surface area contributed by atoms with Gasteiger partial charge in [0.25, 0.3) is 5.92 Å². The molecule has 7 heteroatoms. The average molecular weight is 310 g/mol. The summed E-state index contributed by atoms with van der Waals surface area (Å²) < 4.78 is 30.5. The second kappa shape index (κ2) is 6.13. The van der Waals surface area contributed by atoms with E-state index in [1.165, 1.54) is 24.1 Å². The van der Waals surface area contributed by atoms with E-state index in [-0.39, 0.29) is 24.8 Å². The van der Waals surface area contributed by atoms with Gasteiger partial charge in [-0.3, -0.25) is 9.59 Å². The summed E-state index contributed by atoms with van der Waals surface area (Å²) in [5.41, 5.74) is 0.486. The molecule has 1 fully saturated rings. The maximum absolute atomic E-state index is 12.7. The Morgan fingerprint density at radius 3 is 2.55 bits per heavy atom. The zero-order valence-electron chi connectivity index (χ0n) is 12.0. The molecule has 1 saturated carbocycles. The van der Waals surface area contributed by atoms with Crippen LogP contribution in [0.1, 0.15) is 6.42 Å². The monoisotopic (exact) mass is 310 g/mol. The number of alkyl halides is 2. The fourth-order valence-electron chi connectivity index (χ4n) is 1.75. The number of hydrogen-bond donors (Lipinski definition) is 1. The van der Waals surface area contributed by atoms with Crippen LogP contribution >= 0.6 is 0 Å². The van der Waals surface area contributed by atoms with Crippen LogP contribution in [0.4, 0.5) is 14.5 Å². The van der Waals surface area contributed by atoms with Crippen LogP contribution in [0, 0.1) is 0 Å². The molecule has 1 unspecified atom stereocenters. The SMILES string of the molecule is C=CC(=O)N(C)CC(=O)Nc1ccc(OC2CC2(F)F)cc1. The Bertz CT molecular complexity index is 587. The van der Waals surface area contributed by atoms with Crippen LogP contribution in [0.2, 0.25) is 0 Å². The Kier molecular flexibility index (Phi) is 4.44. The van der Waals surface area contributed by atoms with E-state index < -0.39 is 12.0 Å². The number of nitrogens with one attached hydrogen (secondary N) is 1. The summed E-state index contributed by atoms with van der Waals surface area (Å²) in [6.45, 7) is 3.22. The first-order valence-corrected chi connectivity index (χ1v) is 6.64. The van der Waals surface area contributed by atoms with Gasteiger partial charge in [0.2, 0.25) is 11.8 Å². The molecule has 0 radical (unpaired) electrons. The molecule has 0 aliphatic heterocycles. The highest BCUT2D eigenvalue weighted by molar-refractivity contribution is 5.96. The maximum Gasteiger partial charge on any atom is 0.288 e. The lowest BCUT2D eigenvalue weighted by atomic mass is 10.3. The largest absolute Gasteiger partial charge is 0.484 e. The Labute approximate surface area is 126 Å². The second-order valence-corrected chi connectivity index (χ2v) is 5.04. The number of carbonyl (C=O) groups is 2. The molecule has 2 rings (SSSR count). The molecule has 1 aliphatic carbocycles. The van der Waals surface area contributed by atoms with Crippen molar-refractivity contribution < 1.29 is 23.1 Å². The van der Waals surface area contributed by atoms with Crippen LogP contribution in [-0.4, -0.2) is 42.3 Å². The molecule has 0 saturated heterocycles. The molecular weight excluding hydrogens is 294 g/mol. The summed E-state index contributed by atoms with van der Waals surface area (Å²) in [6.07, 6.45) is -0.214. The average Bonchev–Trinajstić information content (AvgIpc) is 3.06. The molecule has 118 valence electrons. The minimum Gasteiger partial charge on any atom is -0.484 e. The Hall–Kier alpha value is -2.44. The van der Waals surface area contributed by atoms with E-state index in [9.17, 15) is 18.4 Å². The van der Waals surface area contributed by atoms with Gasteiger partial charge in [-0.25, -0.2) is 8.78 Å². The summed E-state index contributed by atoms with van der Waals surface area (Å²) >= 11 is 0. The van der Waals surface area contributed by atoms with Crippen LogP contribution in [0.15, 0.2) is 36.9 Å². The van der Waals surface area contributed by atoms with Crippen LogP contribution in [0.5, 0.6) is 5.75 Å². The first-order valence-electron chi connectivity index (χ1n) is 6.64. The molecule has 1 aliphatic rings. The fourth-order valence-corrected chi connectivity index (χ4v) is 1.75. The van der Waals surface area contributed by atoms with Crippen molar-refractivity contribution in [2.45, 2.75) is 18.4 Å². The molecule has 1 atom stereocenters. The van der Waals surface area contributed by atoms with Gasteiger partial charge in [-0.1, -0.05) is 6.58 Å². The number of amides is 2. The maximum atomic E-state index is 12.7. The fraction of sp³-hybridized carbons (Fsp3) is 0.333. The lowest BCUT2D eigenvalue weighted by molar-refractivity contribution is -0.129. The highest BCUT2D eigenvalue weighted by Crippen LogP contribution is 2.44. The third kappa shape index (κ3) is 4.03. The smallest absolute Gasteiger partial charge is 0.288 e. The zero-order valence-corrected chi connectivity index (χ0v) is 12.0. The molecule has 0 bridgehead atoms. The third-order valence-electron chi connectivity index (χ3n) is 3.12. The minimum atomic E-state index is -2.74. The molecule has 1 N–H and O–H groups in total. The van der Waals surface area contributed by atoms with E-state index in [0.29, 0.717) is 11.4 Å². The van der Waals surface area contributed by atoms with Crippen molar-refractivity contribution in [2.75, 3.05) is 18.9 Å². The van der Waals surface area contributed by atoms with Crippen molar-refractivity contribution in [2.24, 2.45) is 0 Å². The van der Waals surface area contributed by atoms with Crippen molar-refractivity contribution in [3.8, 4) is 5.75 Å². The first-order chi connectivity index (χ1) is 10.3. The third-order valence-corrected chi connectivity index (χ3v) is 3.12. The summed E-state index contributed by atoms with van der Waals surface area (Å²) in [7, 11) is 1.48. The van der Waals surface area contributed by atoms with Gasteiger partial charge in [-0.15, -0.1) is 0 Å². The number of likely N-dealkylation sites (N-methyl/N-ethyl adjacent to an activating group) is 1. The summed E-state index contributed by atoms with van der Waals surface area (Å²) in [5.74, 6) is -3.15. The van der Waals surface area contributed by atoms with Crippen molar-refractivity contribution in [1.82, 2.24) is 4.90 Å². The molecular formula is C15H16F2N2O3. The second-order valence-electron chi connectivity index (χ2n) is 5.04. The lowest BCUT2D eigenvalue weighted by Gasteiger charge is -2.14. The van der Waals surface area contributed by atoms with Gasteiger partial charge in [-0.2, -0.15) is 0 Å². The summed E-state index contributed by atoms with van der Waals surface area (Å²) in [6, 6.07) is 6.09. The Morgan fingerprint density at radius 2 is 2.05 bits per heavy atom. The standard InChI is InChI=1S/C15H16F2N2O3/c1-3-14(21)19(2)9-13(20)18-10-4-6-11(7-5-10)22-12-8-15(12,16)17/h3-7,12H,1,8-9H2,2H3,(H,18,20). The highest BCUT2D eigenvalue weighted by Gasteiger charge is 2.59. The zero-order chi connectivity index (χ0) is 16.3. The van der Waals surface area contributed by atoms with E-state index in [4.69, 9.17) is 4.74 Å².